The highest BCUT2D eigenvalue weighted by Gasteiger charge is 2.64. The van der Waals surface area contributed by atoms with Crippen LogP contribution in [0.3, 0.4) is 0 Å². The van der Waals surface area contributed by atoms with Crippen molar-refractivity contribution in [2.24, 2.45) is 0 Å². The van der Waals surface area contributed by atoms with E-state index in [1.807, 2.05) is 0 Å². The van der Waals surface area contributed by atoms with E-state index in [9.17, 15) is 52.7 Å². The Kier molecular flexibility index (Phi) is 5.48. The van der Waals surface area contributed by atoms with Crippen molar-refractivity contribution in [1.29, 1.82) is 0 Å². The number of rotatable bonds is 5. The summed E-state index contributed by atoms with van der Waals surface area (Å²) in [4.78, 5) is 0. The van der Waals surface area contributed by atoms with E-state index in [1.165, 1.54) is 0 Å². The van der Waals surface area contributed by atoms with Gasteiger partial charge in [0.1, 0.15) is 6.10 Å². The Morgan fingerprint density at radius 3 is 1.29 bits per heavy atom. The van der Waals surface area contributed by atoms with E-state index >= 15 is 0 Å². The third-order valence-electron chi connectivity index (χ3n) is 2.08. The summed E-state index contributed by atoms with van der Waals surface area (Å²) in [5, 5.41) is 0. The topological polar surface area (TPSA) is 9.23 Å². The van der Waals surface area contributed by atoms with Crippen LogP contribution in [-0.2, 0) is 4.74 Å². The molecule has 0 aromatic rings. The van der Waals surface area contributed by atoms with Crippen LogP contribution in [0.25, 0.3) is 0 Å². The lowest BCUT2D eigenvalue weighted by Gasteiger charge is -2.31. The molecule has 0 saturated carbocycles. The van der Waals surface area contributed by atoms with Crippen LogP contribution in [0.1, 0.15) is 6.92 Å². The van der Waals surface area contributed by atoms with E-state index < -0.39 is 42.8 Å². The van der Waals surface area contributed by atoms with E-state index in [4.69, 9.17) is 0 Å². The van der Waals surface area contributed by atoms with Crippen molar-refractivity contribution in [2.75, 3.05) is 0 Å². The molecular formula is C8H6F12O. The molecule has 0 heterocycles. The van der Waals surface area contributed by atoms with Gasteiger partial charge in [-0.3, -0.25) is 0 Å². The molecule has 0 radical (unpaired) electrons. The normalized spacial score (nSPS) is 19.3. The molecule has 0 spiro atoms. The van der Waals surface area contributed by atoms with Crippen LogP contribution in [0.4, 0.5) is 52.7 Å². The molecule has 13 heteroatoms. The van der Waals surface area contributed by atoms with Gasteiger partial charge in [0.2, 0.25) is 0 Å². The Morgan fingerprint density at radius 2 is 1.00 bits per heavy atom. The highest BCUT2D eigenvalue weighted by molar-refractivity contribution is 4.89. The van der Waals surface area contributed by atoms with E-state index in [1.54, 1.807) is 0 Å². The van der Waals surface area contributed by atoms with Gasteiger partial charge in [-0.15, -0.1) is 0 Å². The maximum atomic E-state index is 12.8. The fourth-order valence-corrected chi connectivity index (χ4v) is 0.989. The van der Waals surface area contributed by atoms with Crippen LogP contribution in [0.5, 0.6) is 0 Å². The van der Waals surface area contributed by atoms with Gasteiger partial charge in [0.05, 0.1) is 0 Å². The lowest BCUT2D eigenvalue weighted by Crippen LogP contribution is -2.54. The first-order valence-corrected chi connectivity index (χ1v) is 4.79. The molecule has 0 aromatic carbocycles. The van der Waals surface area contributed by atoms with E-state index in [-0.39, 0.29) is 6.92 Å². The third kappa shape index (κ3) is 4.81. The van der Waals surface area contributed by atoms with Crippen LogP contribution in [0.15, 0.2) is 0 Å². The van der Waals surface area contributed by atoms with E-state index in [2.05, 4.69) is 4.74 Å². The van der Waals surface area contributed by atoms with Gasteiger partial charge in [0.25, 0.3) is 12.3 Å². The predicted octanol–water partition coefficient (Wildman–Crippen LogP) is 4.42. The molecule has 0 N–H and O–H groups in total. The minimum Gasteiger partial charge on any atom is -0.308 e. The van der Waals surface area contributed by atoms with Gasteiger partial charge >= 0.3 is 24.4 Å². The van der Waals surface area contributed by atoms with Crippen molar-refractivity contribution in [3.05, 3.63) is 0 Å². The largest absolute Gasteiger partial charge is 0.428 e. The molecule has 0 aliphatic heterocycles. The highest BCUT2D eigenvalue weighted by Crippen LogP contribution is 2.42. The number of halogens is 12. The van der Waals surface area contributed by atoms with Gasteiger partial charge in [0.15, 0.2) is 0 Å². The van der Waals surface area contributed by atoms with Crippen molar-refractivity contribution in [3.8, 4) is 0 Å². The first-order valence-electron chi connectivity index (χ1n) is 4.79. The summed E-state index contributed by atoms with van der Waals surface area (Å²) >= 11 is 0. The number of hydrogen-bond donors (Lipinski definition) is 0. The SMILES string of the molecule is CC(OC(F)(F)C(F)C(F)(F)F)C(F)(F)C(F)C(F)(F)F. The van der Waals surface area contributed by atoms with Crippen molar-refractivity contribution >= 4 is 0 Å². The van der Waals surface area contributed by atoms with Gasteiger partial charge < -0.3 is 4.74 Å². The predicted molar refractivity (Wildman–Crippen MR) is 42.3 cm³/mol. The summed E-state index contributed by atoms with van der Waals surface area (Å²) in [7, 11) is 0. The minimum absolute atomic E-state index is 0.255. The van der Waals surface area contributed by atoms with E-state index in [0.717, 1.165) is 0 Å². The summed E-state index contributed by atoms with van der Waals surface area (Å²) in [6.07, 6.45) is -32.1. The minimum atomic E-state index is -6.22. The molecule has 0 aliphatic carbocycles. The molecule has 0 saturated heterocycles. The second-order valence-corrected chi connectivity index (χ2v) is 3.80. The average molecular weight is 346 g/mol. The first kappa shape index (κ1) is 20.1. The van der Waals surface area contributed by atoms with Gasteiger partial charge in [0, 0.05) is 0 Å². The first-order chi connectivity index (χ1) is 8.94. The van der Waals surface area contributed by atoms with Crippen LogP contribution in [0.2, 0.25) is 0 Å². The molecule has 0 rings (SSSR count). The molecule has 0 aromatic heterocycles. The number of ether oxygens (including phenoxy) is 1. The van der Waals surface area contributed by atoms with Crippen molar-refractivity contribution in [2.45, 2.75) is 49.8 Å². The lowest BCUT2D eigenvalue weighted by molar-refractivity contribution is -0.373. The van der Waals surface area contributed by atoms with Gasteiger partial charge in [-0.25, -0.2) is 17.6 Å². The summed E-state index contributed by atoms with van der Waals surface area (Å²) < 4.78 is 149. The number of alkyl halides is 12. The summed E-state index contributed by atoms with van der Waals surface area (Å²) in [6.45, 7) is -0.255. The van der Waals surface area contributed by atoms with E-state index in [0.29, 0.717) is 0 Å². The molecule has 0 bridgehead atoms. The van der Waals surface area contributed by atoms with Crippen LogP contribution in [-0.4, -0.2) is 42.8 Å². The number of hydrogen-bond acceptors (Lipinski definition) is 1. The average Bonchev–Trinajstić information content (AvgIpc) is 2.23. The third-order valence-corrected chi connectivity index (χ3v) is 2.08. The summed E-state index contributed by atoms with van der Waals surface area (Å²) in [6, 6.07) is 0. The summed E-state index contributed by atoms with van der Waals surface area (Å²) in [5.74, 6) is -5.66. The Balaban J connectivity index is 5.16. The van der Waals surface area contributed by atoms with Gasteiger partial charge in [-0.05, 0) is 6.92 Å². The van der Waals surface area contributed by atoms with Crippen molar-refractivity contribution < 1.29 is 57.4 Å². The maximum Gasteiger partial charge on any atom is 0.428 e. The maximum absolute atomic E-state index is 12.8. The molecule has 0 amide bonds. The second-order valence-electron chi connectivity index (χ2n) is 3.80. The molecule has 0 aliphatic rings. The van der Waals surface area contributed by atoms with Crippen LogP contribution in [0, 0.1) is 0 Å². The zero-order valence-electron chi connectivity index (χ0n) is 9.68. The Hall–Kier alpha value is -0.880. The summed E-state index contributed by atoms with van der Waals surface area (Å²) in [5.41, 5.74) is 0. The standard InChI is InChI=1S/C8H6F12O/c1-2(5(11,12)3(9)6(13,14)15)21-8(19,20)4(10)7(16,17)18/h2-4H,1H3. The zero-order valence-corrected chi connectivity index (χ0v) is 9.68. The van der Waals surface area contributed by atoms with Crippen LogP contribution >= 0.6 is 0 Å². The van der Waals surface area contributed by atoms with Crippen LogP contribution < -0.4 is 0 Å². The smallest absolute Gasteiger partial charge is 0.308 e. The second kappa shape index (κ2) is 5.72. The molecule has 1 nitrogen and oxygen atoms in total. The lowest BCUT2D eigenvalue weighted by atomic mass is 10.1. The monoisotopic (exact) mass is 346 g/mol. The Morgan fingerprint density at radius 1 is 0.667 bits per heavy atom. The Labute approximate surface area is 108 Å². The van der Waals surface area contributed by atoms with Gasteiger partial charge in [-0.2, -0.15) is 35.1 Å². The molecule has 128 valence electrons. The molecule has 0 fully saturated rings. The molecule has 21 heavy (non-hydrogen) atoms. The molecule has 3 atom stereocenters. The fraction of sp³-hybridized carbons (Fsp3) is 1.00. The quantitative estimate of drug-likeness (QED) is 0.670. The molecular weight excluding hydrogens is 340 g/mol. The Bertz CT molecular complexity index is 344. The molecule has 3 unspecified atom stereocenters. The highest BCUT2D eigenvalue weighted by atomic mass is 19.4. The fourth-order valence-electron chi connectivity index (χ4n) is 0.989. The van der Waals surface area contributed by atoms with Gasteiger partial charge in [-0.1, -0.05) is 0 Å². The zero-order chi connectivity index (χ0) is 17.4. The van der Waals surface area contributed by atoms with Crippen molar-refractivity contribution in [1.82, 2.24) is 0 Å². The van der Waals surface area contributed by atoms with Crippen molar-refractivity contribution in [3.63, 3.8) is 0 Å².